The van der Waals surface area contributed by atoms with Gasteiger partial charge in [0.15, 0.2) is 0 Å². The molecule has 1 saturated carbocycles. The Labute approximate surface area is 269 Å². The normalized spacial score (nSPS) is 23.2. The molecule has 3 aliphatic rings. The lowest BCUT2D eigenvalue weighted by molar-refractivity contribution is -0.143. The second-order valence-corrected chi connectivity index (χ2v) is 12.5. The highest BCUT2D eigenvalue weighted by Gasteiger charge is 2.56. The van der Waals surface area contributed by atoms with E-state index in [4.69, 9.17) is 9.15 Å². The van der Waals surface area contributed by atoms with Crippen LogP contribution in [0.3, 0.4) is 0 Å². The molecule has 1 aromatic carbocycles. The average Bonchev–Trinajstić information content (AvgIpc) is 3.66. The molecular weight excluding hydrogens is 584 g/mol. The van der Waals surface area contributed by atoms with Crippen LogP contribution in [-0.2, 0) is 16.2 Å². The first-order valence-electron chi connectivity index (χ1n) is 16.4. The number of imide groups is 1. The van der Waals surface area contributed by atoms with Crippen LogP contribution in [0.4, 0.5) is 0 Å². The SMILES string of the molecule is O=C1[C@@H]2[C@@H](CC(COc3ccccc3)=C([C@H](O)CC/C(=C/c3ccc(CO)o3)c3ccccn3)[C@@H]2CO)C(=O)N1C1CCCCC1. The first-order chi connectivity index (χ1) is 22.5. The first kappa shape index (κ1) is 31.9. The molecule has 3 N–H and O–H groups in total. The van der Waals surface area contributed by atoms with Crippen LogP contribution in [0.2, 0.25) is 0 Å². The number of nitrogens with zero attached hydrogens (tertiary/aromatic N) is 2. The Morgan fingerprint density at radius 1 is 1.00 bits per heavy atom. The molecule has 0 unspecified atom stereocenters. The van der Waals surface area contributed by atoms with Gasteiger partial charge >= 0.3 is 0 Å². The van der Waals surface area contributed by atoms with Gasteiger partial charge in [-0.1, -0.05) is 43.5 Å². The van der Waals surface area contributed by atoms with E-state index in [1.165, 1.54) is 4.90 Å². The smallest absolute Gasteiger partial charge is 0.234 e. The van der Waals surface area contributed by atoms with Crippen LogP contribution >= 0.6 is 0 Å². The largest absolute Gasteiger partial charge is 0.489 e. The van der Waals surface area contributed by atoms with E-state index >= 15 is 0 Å². The van der Waals surface area contributed by atoms with Crippen molar-refractivity contribution >= 4 is 23.5 Å². The Morgan fingerprint density at radius 2 is 1.78 bits per heavy atom. The second kappa shape index (κ2) is 14.6. The number of fused-ring (bicyclic) bond motifs is 1. The van der Waals surface area contributed by atoms with E-state index in [0.717, 1.165) is 48.9 Å². The lowest BCUT2D eigenvalue weighted by atomic mass is 9.68. The van der Waals surface area contributed by atoms with Crippen molar-refractivity contribution in [3.05, 3.63) is 95.2 Å². The zero-order valence-corrected chi connectivity index (χ0v) is 26.0. The van der Waals surface area contributed by atoms with Gasteiger partial charge in [0.25, 0.3) is 0 Å². The number of hydrogen-bond donors (Lipinski definition) is 3. The number of ether oxygens (including phenoxy) is 1. The van der Waals surface area contributed by atoms with Crippen molar-refractivity contribution in [2.24, 2.45) is 17.8 Å². The van der Waals surface area contributed by atoms with E-state index < -0.39 is 23.9 Å². The fraction of sp³-hybridized carbons (Fsp3) is 0.432. The highest BCUT2D eigenvalue weighted by molar-refractivity contribution is 6.06. The highest BCUT2D eigenvalue weighted by Crippen LogP contribution is 2.48. The number of benzene rings is 1. The summed E-state index contributed by atoms with van der Waals surface area (Å²) >= 11 is 0. The van der Waals surface area contributed by atoms with Crippen LogP contribution in [0, 0.1) is 17.8 Å². The number of allylic oxidation sites excluding steroid dienone is 1. The van der Waals surface area contributed by atoms with E-state index in [1.54, 1.807) is 18.3 Å². The van der Waals surface area contributed by atoms with Crippen molar-refractivity contribution in [3.8, 4) is 5.75 Å². The van der Waals surface area contributed by atoms with E-state index in [1.807, 2.05) is 54.6 Å². The fourth-order valence-corrected chi connectivity index (χ4v) is 7.51. The summed E-state index contributed by atoms with van der Waals surface area (Å²) in [6.45, 7) is -0.433. The molecule has 1 saturated heterocycles. The van der Waals surface area contributed by atoms with Gasteiger partial charge in [-0.3, -0.25) is 19.5 Å². The maximum absolute atomic E-state index is 14.0. The van der Waals surface area contributed by atoms with Gasteiger partial charge in [-0.2, -0.15) is 0 Å². The molecule has 4 atom stereocenters. The number of carbonyl (C=O) groups is 2. The van der Waals surface area contributed by atoms with Gasteiger partial charge in [-0.25, -0.2) is 0 Å². The summed E-state index contributed by atoms with van der Waals surface area (Å²) in [4.78, 5) is 33.8. The van der Waals surface area contributed by atoms with E-state index in [-0.39, 0.29) is 44.1 Å². The van der Waals surface area contributed by atoms with Crippen LogP contribution in [0.1, 0.15) is 68.6 Å². The number of aromatic nitrogens is 1. The van der Waals surface area contributed by atoms with Gasteiger partial charge in [0.2, 0.25) is 11.8 Å². The standard InChI is InChI=1S/C37H42N2O7/c40-21-29-16-15-28(46-29)19-24(32-13-7-8-18-38-32)14-17-33(42)34-25(23-45-27-11-5-2-6-12-27)20-30-35(31(34)22-41)37(44)39(36(30)43)26-9-3-1-4-10-26/h2,5-8,11-13,15-16,18-19,26,30-31,33,35,40-42H,1,3-4,9-10,14,17,20-23H2/b24-19-/t30-,31+,33-,35-/m1/s1. The van der Waals surface area contributed by atoms with E-state index in [9.17, 15) is 24.9 Å². The molecule has 2 amide bonds. The molecule has 9 nitrogen and oxygen atoms in total. The van der Waals surface area contributed by atoms with Gasteiger partial charge in [0, 0.05) is 18.2 Å². The molecule has 2 aliphatic carbocycles. The fourth-order valence-electron chi connectivity index (χ4n) is 7.51. The number of aliphatic hydroxyl groups excluding tert-OH is 3. The van der Waals surface area contributed by atoms with Crippen LogP contribution in [-0.4, -0.2) is 62.4 Å². The van der Waals surface area contributed by atoms with Gasteiger partial charge in [0.1, 0.15) is 30.5 Å². The molecule has 0 bridgehead atoms. The summed E-state index contributed by atoms with van der Waals surface area (Å²) < 4.78 is 11.9. The topological polar surface area (TPSA) is 133 Å². The second-order valence-electron chi connectivity index (χ2n) is 12.5. The molecule has 9 heteroatoms. The maximum Gasteiger partial charge on any atom is 0.234 e. The highest BCUT2D eigenvalue weighted by atomic mass is 16.5. The van der Waals surface area contributed by atoms with Gasteiger partial charge < -0.3 is 24.5 Å². The molecule has 2 fully saturated rings. The number of rotatable bonds is 12. The summed E-state index contributed by atoms with van der Waals surface area (Å²) in [5.41, 5.74) is 2.89. The van der Waals surface area contributed by atoms with Crippen molar-refractivity contribution in [1.82, 2.24) is 9.88 Å². The summed E-state index contributed by atoms with van der Waals surface area (Å²) in [7, 11) is 0. The molecule has 2 aromatic heterocycles. The Balaban J connectivity index is 1.30. The van der Waals surface area contributed by atoms with Crippen molar-refractivity contribution in [2.45, 2.75) is 70.1 Å². The van der Waals surface area contributed by atoms with E-state index in [2.05, 4.69) is 4.98 Å². The van der Waals surface area contributed by atoms with Gasteiger partial charge in [0.05, 0.1) is 30.2 Å². The number of aliphatic hydroxyl groups is 3. The predicted molar refractivity (Wildman–Crippen MR) is 172 cm³/mol. The summed E-state index contributed by atoms with van der Waals surface area (Å²) in [6.07, 6.45) is 8.25. The Hall–Kier alpha value is -4.05. The number of likely N-dealkylation sites (tertiary alicyclic amines) is 1. The number of carbonyl (C=O) groups excluding carboxylic acids is 2. The lowest BCUT2D eigenvalue weighted by Gasteiger charge is -2.36. The number of para-hydroxylation sites is 1. The molecule has 242 valence electrons. The average molecular weight is 627 g/mol. The molecule has 3 aromatic rings. The minimum Gasteiger partial charge on any atom is -0.489 e. The zero-order chi connectivity index (χ0) is 32.0. The molecule has 3 heterocycles. The minimum absolute atomic E-state index is 0.102. The van der Waals surface area contributed by atoms with Crippen LogP contribution in [0.25, 0.3) is 11.6 Å². The maximum atomic E-state index is 14.0. The Bertz CT molecular complexity index is 1560. The van der Waals surface area contributed by atoms with E-state index in [0.29, 0.717) is 35.7 Å². The molecule has 0 spiro atoms. The number of pyridine rings is 1. The molecule has 6 rings (SSSR count). The number of amides is 2. The third-order valence-corrected chi connectivity index (χ3v) is 9.71. The van der Waals surface area contributed by atoms with Crippen molar-refractivity contribution in [3.63, 3.8) is 0 Å². The first-order valence-corrected chi connectivity index (χ1v) is 16.4. The van der Waals surface area contributed by atoms with Crippen molar-refractivity contribution in [1.29, 1.82) is 0 Å². The molecular formula is C37H42N2O7. The van der Waals surface area contributed by atoms with Crippen LogP contribution in [0.15, 0.2) is 82.4 Å². The Morgan fingerprint density at radius 3 is 2.48 bits per heavy atom. The summed E-state index contributed by atoms with van der Waals surface area (Å²) in [5.74, 6) is -0.719. The van der Waals surface area contributed by atoms with Gasteiger partial charge in [-0.15, -0.1) is 0 Å². The lowest BCUT2D eigenvalue weighted by Crippen LogP contribution is -2.42. The zero-order valence-electron chi connectivity index (χ0n) is 26.0. The number of hydrogen-bond acceptors (Lipinski definition) is 8. The predicted octanol–water partition coefficient (Wildman–Crippen LogP) is 5.17. The summed E-state index contributed by atoms with van der Waals surface area (Å²) in [6, 6.07) is 18.3. The quantitative estimate of drug-likeness (QED) is 0.185. The Kier molecular flexibility index (Phi) is 10.1. The third-order valence-electron chi connectivity index (χ3n) is 9.71. The molecule has 0 radical (unpaired) electrons. The van der Waals surface area contributed by atoms with Crippen LogP contribution < -0.4 is 4.74 Å². The summed E-state index contributed by atoms with van der Waals surface area (Å²) in [5, 5.41) is 32.2. The van der Waals surface area contributed by atoms with Crippen LogP contribution in [0.5, 0.6) is 5.75 Å². The van der Waals surface area contributed by atoms with Crippen molar-refractivity contribution in [2.75, 3.05) is 13.2 Å². The molecule has 1 aliphatic heterocycles. The van der Waals surface area contributed by atoms with Crippen molar-refractivity contribution < 1.29 is 34.1 Å². The van der Waals surface area contributed by atoms with Gasteiger partial charge in [-0.05, 0) is 91.3 Å². The molecule has 46 heavy (non-hydrogen) atoms. The number of furan rings is 1. The minimum atomic E-state index is -1.00. The third kappa shape index (κ3) is 6.72. The monoisotopic (exact) mass is 626 g/mol.